The summed E-state index contributed by atoms with van der Waals surface area (Å²) in [6, 6.07) is 3.91. The smallest absolute Gasteiger partial charge is 0.150 e. The highest BCUT2D eigenvalue weighted by atomic mass is 19.1. The molecule has 1 aliphatic rings. The average molecular weight is 265 g/mol. The molecule has 0 bridgehead atoms. The molecule has 0 aliphatic carbocycles. The highest BCUT2D eigenvalue weighted by Crippen LogP contribution is 2.26. The van der Waals surface area contributed by atoms with E-state index in [1.807, 2.05) is 7.05 Å². The molecular formula is C14H17F2N3. The maximum atomic E-state index is 13.9. The lowest BCUT2D eigenvalue weighted by Crippen LogP contribution is -2.28. The van der Waals surface area contributed by atoms with Gasteiger partial charge in [-0.2, -0.15) is 5.26 Å². The van der Waals surface area contributed by atoms with E-state index in [2.05, 4.69) is 4.90 Å². The number of benzene rings is 1. The summed E-state index contributed by atoms with van der Waals surface area (Å²) in [7, 11) is 3.73. The Morgan fingerprint density at radius 3 is 2.53 bits per heavy atom. The molecule has 0 aromatic heterocycles. The van der Waals surface area contributed by atoms with E-state index in [1.54, 1.807) is 18.0 Å². The van der Waals surface area contributed by atoms with Crippen molar-refractivity contribution in [2.75, 3.05) is 38.6 Å². The monoisotopic (exact) mass is 265 g/mol. The van der Waals surface area contributed by atoms with Crippen LogP contribution in [-0.2, 0) is 0 Å². The van der Waals surface area contributed by atoms with Crippen LogP contribution in [0.5, 0.6) is 0 Å². The molecule has 0 saturated carbocycles. The van der Waals surface area contributed by atoms with Crippen LogP contribution in [0.15, 0.2) is 12.1 Å². The Morgan fingerprint density at radius 2 is 2.05 bits per heavy atom. The number of likely N-dealkylation sites (tertiary alicyclic amines) is 1. The van der Waals surface area contributed by atoms with E-state index in [0.29, 0.717) is 12.5 Å². The van der Waals surface area contributed by atoms with Crippen LogP contribution in [0.2, 0.25) is 0 Å². The number of hydrogen-bond donors (Lipinski definition) is 0. The van der Waals surface area contributed by atoms with Gasteiger partial charge in [0, 0.05) is 20.1 Å². The SMILES string of the molecule is CN1CCC(CN(C)c2c(F)cc(C#N)cc2F)C1. The van der Waals surface area contributed by atoms with Crippen LogP contribution in [-0.4, -0.2) is 38.6 Å². The van der Waals surface area contributed by atoms with Gasteiger partial charge in [0.2, 0.25) is 0 Å². The predicted molar refractivity (Wildman–Crippen MR) is 69.9 cm³/mol. The number of rotatable bonds is 3. The minimum atomic E-state index is -0.676. The van der Waals surface area contributed by atoms with Crippen molar-refractivity contribution in [3.8, 4) is 6.07 Å². The Morgan fingerprint density at radius 1 is 1.42 bits per heavy atom. The van der Waals surface area contributed by atoms with Crippen molar-refractivity contribution in [2.24, 2.45) is 5.92 Å². The number of hydrogen-bond acceptors (Lipinski definition) is 3. The van der Waals surface area contributed by atoms with Crippen molar-refractivity contribution in [2.45, 2.75) is 6.42 Å². The summed E-state index contributed by atoms with van der Waals surface area (Å²) in [6.07, 6.45) is 1.04. The van der Waals surface area contributed by atoms with E-state index in [1.165, 1.54) is 0 Å². The first kappa shape index (κ1) is 13.8. The molecule has 1 aromatic rings. The summed E-state index contributed by atoms with van der Waals surface area (Å²) in [5, 5.41) is 8.67. The van der Waals surface area contributed by atoms with Crippen molar-refractivity contribution in [1.82, 2.24) is 4.90 Å². The molecule has 1 saturated heterocycles. The van der Waals surface area contributed by atoms with Crippen molar-refractivity contribution in [3.05, 3.63) is 29.3 Å². The number of halogens is 2. The first-order chi connectivity index (χ1) is 9.01. The average Bonchev–Trinajstić information content (AvgIpc) is 2.73. The van der Waals surface area contributed by atoms with Crippen LogP contribution >= 0.6 is 0 Å². The predicted octanol–water partition coefficient (Wildman–Crippen LogP) is 2.22. The second kappa shape index (κ2) is 5.54. The zero-order chi connectivity index (χ0) is 14.0. The van der Waals surface area contributed by atoms with Crippen molar-refractivity contribution in [3.63, 3.8) is 0 Å². The molecule has 1 heterocycles. The summed E-state index contributed by atoms with van der Waals surface area (Å²) in [4.78, 5) is 3.82. The van der Waals surface area contributed by atoms with E-state index >= 15 is 0 Å². The summed E-state index contributed by atoms with van der Waals surface area (Å²) >= 11 is 0. The van der Waals surface area contributed by atoms with E-state index in [-0.39, 0.29) is 11.3 Å². The fourth-order valence-corrected chi connectivity index (χ4v) is 2.65. The Hall–Kier alpha value is -1.67. The highest BCUT2D eigenvalue weighted by molar-refractivity contribution is 5.52. The fraction of sp³-hybridized carbons (Fsp3) is 0.500. The molecule has 102 valence electrons. The first-order valence-electron chi connectivity index (χ1n) is 6.30. The van der Waals surface area contributed by atoms with Gasteiger partial charge in [-0.05, 0) is 38.1 Å². The lowest BCUT2D eigenvalue weighted by Gasteiger charge is -2.24. The van der Waals surface area contributed by atoms with E-state index in [4.69, 9.17) is 5.26 Å². The van der Waals surface area contributed by atoms with Gasteiger partial charge in [-0.1, -0.05) is 0 Å². The minimum Gasteiger partial charge on any atom is -0.370 e. The quantitative estimate of drug-likeness (QED) is 0.839. The topological polar surface area (TPSA) is 30.3 Å². The number of nitriles is 1. The van der Waals surface area contributed by atoms with E-state index < -0.39 is 11.6 Å². The normalized spacial score (nSPS) is 19.4. The van der Waals surface area contributed by atoms with Crippen LogP contribution < -0.4 is 4.90 Å². The molecule has 0 spiro atoms. The van der Waals surface area contributed by atoms with Gasteiger partial charge >= 0.3 is 0 Å². The lowest BCUT2D eigenvalue weighted by atomic mass is 10.1. The van der Waals surface area contributed by atoms with Gasteiger partial charge in [0.05, 0.1) is 11.6 Å². The van der Waals surface area contributed by atoms with Gasteiger partial charge < -0.3 is 9.80 Å². The van der Waals surface area contributed by atoms with Gasteiger partial charge in [0.15, 0.2) is 11.6 Å². The molecule has 1 atom stereocenters. The maximum absolute atomic E-state index is 13.9. The van der Waals surface area contributed by atoms with Crippen molar-refractivity contribution in [1.29, 1.82) is 5.26 Å². The van der Waals surface area contributed by atoms with E-state index in [9.17, 15) is 8.78 Å². The van der Waals surface area contributed by atoms with Gasteiger partial charge in [0.25, 0.3) is 0 Å². The summed E-state index contributed by atoms with van der Waals surface area (Å²) < 4.78 is 27.7. The molecule has 0 N–H and O–H groups in total. The molecule has 1 fully saturated rings. The zero-order valence-electron chi connectivity index (χ0n) is 11.2. The van der Waals surface area contributed by atoms with Gasteiger partial charge in [0.1, 0.15) is 5.69 Å². The maximum Gasteiger partial charge on any atom is 0.150 e. The molecule has 3 nitrogen and oxygen atoms in total. The second-order valence-electron chi connectivity index (χ2n) is 5.20. The van der Waals surface area contributed by atoms with E-state index in [0.717, 1.165) is 31.6 Å². The largest absolute Gasteiger partial charge is 0.370 e. The van der Waals surface area contributed by atoms with Crippen molar-refractivity contribution < 1.29 is 8.78 Å². The molecule has 0 amide bonds. The van der Waals surface area contributed by atoms with Crippen molar-refractivity contribution >= 4 is 5.69 Å². The Bertz CT molecular complexity index is 487. The lowest BCUT2D eigenvalue weighted by molar-refractivity contribution is 0.395. The first-order valence-corrected chi connectivity index (χ1v) is 6.30. The number of nitrogens with zero attached hydrogens (tertiary/aromatic N) is 3. The molecule has 0 radical (unpaired) electrons. The molecule has 19 heavy (non-hydrogen) atoms. The van der Waals surface area contributed by atoms with Crippen LogP contribution in [0, 0.1) is 28.9 Å². The standard InChI is InChI=1S/C14H17F2N3/c1-18-4-3-10(8-18)9-19(2)14-12(15)5-11(7-17)6-13(14)16/h5-6,10H,3-4,8-9H2,1-2H3. The summed E-state index contributed by atoms with van der Waals surface area (Å²) in [5.74, 6) is -0.930. The molecule has 2 rings (SSSR count). The molecule has 1 aliphatic heterocycles. The Balaban J connectivity index is 2.15. The zero-order valence-corrected chi connectivity index (χ0v) is 11.2. The fourth-order valence-electron chi connectivity index (χ4n) is 2.65. The second-order valence-corrected chi connectivity index (χ2v) is 5.20. The number of anilines is 1. The van der Waals surface area contributed by atoms with Gasteiger partial charge in [-0.3, -0.25) is 0 Å². The third-order valence-corrected chi connectivity index (χ3v) is 3.55. The van der Waals surface area contributed by atoms with Crippen LogP contribution in [0.4, 0.5) is 14.5 Å². The Labute approximate surface area is 112 Å². The van der Waals surface area contributed by atoms with Gasteiger partial charge in [-0.15, -0.1) is 0 Å². The highest BCUT2D eigenvalue weighted by Gasteiger charge is 2.23. The van der Waals surface area contributed by atoms with Crippen LogP contribution in [0.25, 0.3) is 0 Å². The summed E-state index contributed by atoms with van der Waals surface area (Å²) in [6.45, 7) is 2.59. The van der Waals surface area contributed by atoms with Crippen LogP contribution in [0.1, 0.15) is 12.0 Å². The minimum absolute atomic E-state index is 0.00718. The Kier molecular flexibility index (Phi) is 4.01. The third-order valence-electron chi connectivity index (χ3n) is 3.55. The third kappa shape index (κ3) is 3.02. The summed E-state index contributed by atoms with van der Waals surface area (Å²) in [5.41, 5.74) is -0.0405. The molecule has 5 heteroatoms. The molecule has 1 unspecified atom stereocenters. The van der Waals surface area contributed by atoms with Crippen LogP contribution in [0.3, 0.4) is 0 Å². The molecular weight excluding hydrogens is 248 g/mol. The van der Waals surface area contributed by atoms with Gasteiger partial charge in [-0.25, -0.2) is 8.78 Å². The molecule has 1 aromatic carbocycles.